The number of hydrogen-bond donors (Lipinski definition) is 1. The summed E-state index contributed by atoms with van der Waals surface area (Å²) in [5, 5.41) is 12.5. The van der Waals surface area contributed by atoms with Crippen LogP contribution >= 0.6 is 11.8 Å². The lowest BCUT2D eigenvalue weighted by Crippen LogP contribution is -2.36. The summed E-state index contributed by atoms with van der Waals surface area (Å²) in [6, 6.07) is 0.135. The van der Waals surface area contributed by atoms with E-state index in [1.54, 1.807) is 0 Å². The fraction of sp³-hybridized carbons (Fsp3) is 0.842. The molecule has 0 saturated carbocycles. The standard InChI is InChI=1S/C19H33N5O2S/c1-13(2)20-17(25)15(4)27-19-22-21-18(23-9-7-14(3)8-10-23)24(19)12-16-6-5-11-26-16/h13-16H,5-12H2,1-4H3,(H,20,25). The van der Waals surface area contributed by atoms with Crippen molar-refractivity contribution in [3.63, 3.8) is 0 Å². The molecule has 2 fully saturated rings. The minimum atomic E-state index is -0.214. The van der Waals surface area contributed by atoms with Crippen molar-refractivity contribution in [2.45, 2.75) is 82.5 Å². The monoisotopic (exact) mass is 395 g/mol. The van der Waals surface area contributed by atoms with Gasteiger partial charge in [-0.2, -0.15) is 0 Å². The number of hydrogen-bond acceptors (Lipinski definition) is 6. The summed E-state index contributed by atoms with van der Waals surface area (Å²) in [7, 11) is 0. The molecule has 3 heterocycles. The highest BCUT2D eigenvalue weighted by Gasteiger charge is 2.27. The number of nitrogens with zero attached hydrogens (tertiary/aromatic N) is 4. The molecule has 3 rings (SSSR count). The lowest BCUT2D eigenvalue weighted by molar-refractivity contribution is -0.120. The van der Waals surface area contributed by atoms with E-state index in [9.17, 15) is 4.79 Å². The molecule has 152 valence electrons. The van der Waals surface area contributed by atoms with E-state index in [0.717, 1.165) is 56.1 Å². The molecule has 2 aliphatic heterocycles. The van der Waals surface area contributed by atoms with E-state index in [4.69, 9.17) is 4.74 Å². The number of rotatable bonds is 7. The van der Waals surface area contributed by atoms with Crippen molar-refractivity contribution < 1.29 is 9.53 Å². The van der Waals surface area contributed by atoms with Gasteiger partial charge in [-0.05, 0) is 52.4 Å². The van der Waals surface area contributed by atoms with Gasteiger partial charge in [0.2, 0.25) is 11.9 Å². The number of piperidine rings is 1. The Morgan fingerprint density at radius 1 is 1.26 bits per heavy atom. The molecular formula is C19H33N5O2S. The van der Waals surface area contributed by atoms with E-state index in [1.807, 2.05) is 20.8 Å². The van der Waals surface area contributed by atoms with Crippen molar-refractivity contribution in [3.05, 3.63) is 0 Å². The van der Waals surface area contributed by atoms with Crippen LogP contribution in [0.2, 0.25) is 0 Å². The van der Waals surface area contributed by atoms with Crippen LogP contribution in [-0.2, 0) is 16.1 Å². The first-order valence-corrected chi connectivity index (χ1v) is 11.1. The Labute approximate surface area is 166 Å². The van der Waals surface area contributed by atoms with E-state index in [0.29, 0.717) is 0 Å². The van der Waals surface area contributed by atoms with Crippen LogP contribution < -0.4 is 10.2 Å². The number of anilines is 1. The van der Waals surface area contributed by atoms with Crippen LogP contribution in [0.25, 0.3) is 0 Å². The molecule has 2 atom stereocenters. The van der Waals surface area contributed by atoms with Gasteiger partial charge in [0.1, 0.15) is 0 Å². The van der Waals surface area contributed by atoms with Crippen molar-refractivity contribution in [2.75, 3.05) is 24.6 Å². The zero-order valence-electron chi connectivity index (χ0n) is 17.0. The van der Waals surface area contributed by atoms with Crippen LogP contribution in [0.4, 0.5) is 5.95 Å². The van der Waals surface area contributed by atoms with Gasteiger partial charge in [-0.25, -0.2) is 0 Å². The van der Waals surface area contributed by atoms with Crippen LogP contribution in [0.15, 0.2) is 5.16 Å². The molecule has 0 aromatic carbocycles. The predicted molar refractivity (Wildman–Crippen MR) is 108 cm³/mol. The molecule has 0 aliphatic carbocycles. The maximum absolute atomic E-state index is 12.3. The van der Waals surface area contributed by atoms with Gasteiger partial charge in [0.15, 0.2) is 5.16 Å². The second-order valence-electron chi connectivity index (χ2n) is 8.12. The SMILES string of the molecule is CC1CCN(c2nnc(SC(C)C(=O)NC(C)C)n2CC2CCCO2)CC1. The quantitative estimate of drug-likeness (QED) is 0.716. The van der Waals surface area contributed by atoms with Gasteiger partial charge < -0.3 is 15.0 Å². The number of nitrogens with one attached hydrogen (secondary N) is 1. The van der Waals surface area contributed by atoms with Crippen LogP contribution in [0.3, 0.4) is 0 Å². The first-order chi connectivity index (χ1) is 12.9. The molecule has 7 nitrogen and oxygen atoms in total. The van der Waals surface area contributed by atoms with Gasteiger partial charge in [0, 0.05) is 25.7 Å². The van der Waals surface area contributed by atoms with E-state index >= 15 is 0 Å². The normalized spacial score (nSPS) is 22.4. The van der Waals surface area contributed by atoms with Crippen molar-refractivity contribution in [1.82, 2.24) is 20.1 Å². The Bertz CT molecular complexity index is 622. The second-order valence-corrected chi connectivity index (χ2v) is 9.43. The predicted octanol–water partition coefficient (Wildman–Crippen LogP) is 2.70. The van der Waals surface area contributed by atoms with Gasteiger partial charge >= 0.3 is 0 Å². The summed E-state index contributed by atoms with van der Waals surface area (Å²) >= 11 is 1.48. The van der Waals surface area contributed by atoms with Crippen LogP contribution in [0, 0.1) is 5.92 Å². The maximum Gasteiger partial charge on any atom is 0.233 e. The summed E-state index contributed by atoms with van der Waals surface area (Å²) in [5.74, 6) is 1.73. The van der Waals surface area contributed by atoms with Gasteiger partial charge in [0.25, 0.3) is 0 Å². The van der Waals surface area contributed by atoms with E-state index < -0.39 is 0 Å². The van der Waals surface area contributed by atoms with E-state index in [1.165, 1.54) is 24.6 Å². The molecule has 0 bridgehead atoms. The highest BCUT2D eigenvalue weighted by molar-refractivity contribution is 8.00. The van der Waals surface area contributed by atoms with E-state index in [-0.39, 0.29) is 23.3 Å². The highest BCUT2D eigenvalue weighted by atomic mass is 32.2. The Hall–Kier alpha value is -1.28. The topological polar surface area (TPSA) is 72.3 Å². The lowest BCUT2D eigenvalue weighted by Gasteiger charge is -2.31. The van der Waals surface area contributed by atoms with Crippen molar-refractivity contribution in [2.24, 2.45) is 5.92 Å². The van der Waals surface area contributed by atoms with Crippen molar-refractivity contribution in [3.8, 4) is 0 Å². The van der Waals surface area contributed by atoms with Crippen LogP contribution in [0.1, 0.15) is 53.4 Å². The molecule has 2 saturated heterocycles. The molecule has 1 N–H and O–H groups in total. The number of carbonyl (C=O) groups excluding carboxylic acids is 1. The highest BCUT2D eigenvalue weighted by Crippen LogP contribution is 2.29. The number of amides is 1. The molecule has 1 aromatic heterocycles. The number of ether oxygens (including phenoxy) is 1. The number of thioether (sulfide) groups is 1. The minimum absolute atomic E-state index is 0.0370. The maximum atomic E-state index is 12.3. The number of carbonyl (C=O) groups is 1. The second kappa shape index (κ2) is 9.28. The molecule has 0 radical (unpaired) electrons. The van der Waals surface area contributed by atoms with Gasteiger partial charge in [0.05, 0.1) is 17.9 Å². The smallest absolute Gasteiger partial charge is 0.233 e. The third kappa shape index (κ3) is 5.38. The summed E-state index contributed by atoms with van der Waals surface area (Å²) in [4.78, 5) is 14.7. The Balaban J connectivity index is 1.76. The number of aromatic nitrogens is 3. The Morgan fingerprint density at radius 3 is 2.63 bits per heavy atom. The summed E-state index contributed by atoms with van der Waals surface area (Å²) in [6.45, 7) is 11.8. The summed E-state index contributed by atoms with van der Waals surface area (Å²) in [5.41, 5.74) is 0. The fourth-order valence-electron chi connectivity index (χ4n) is 3.58. The minimum Gasteiger partial charge on any atom is -0.376 e. The largest absolute Gasteiger partial charge is 0.376 e. The summed E-state index contributed by atoms with van der Waals surface area (Å²) < 4.78 is 8.04. The molecule has 1 amide bonds. The molecule has 2 unspecified atom stereocenters. The first kappa shape index (κ1) is 20.5. The van der Waals surface area contributed by atoms with Crippen LogP contribution in [0.5, 0.6) is 0 Å². The van der Waals surface area contributed by atoms with Gasteiger partial charge in [-0.3, -0.25) is 9.36 Å². The Morgan fingerprint density at radius 2 is 2.00 bits per heavy atom. The zero-order chi connectivity index (χ0) is 19.4. The first-order valence-electron chi connectivity index (χ1n) is 10.2. The lowest BCUT2D eigenvalue weighted by atomic mass is 10.00. The third-order valence-corrected chi connectivity index (χ3v) is 6.34. The van der Waals surface area contributed by atoms with Crippen molar-refractivity contribution in [1.29, 1.82) is 0 Å². The molecule has 27 heavy (non-hydrogen) atoms. The van der Waals surface area contributed by atoms with Crippen molar-refractivity contribution >= 4 is 23.6 Å². The average molecular weight is 396 g/mol. The molecule has 1 aromatic rings. The third-order valence-electron chi connectivity index (χ3n) is 5.26. The van der Waals surface area contributed by atoms with Crippen LogP contribution in [-0.4, -0.2) is 57.8 Å². The van der Waals surface area contributed by atoms with Gasteiger partial charge in [-0.15, -0.1) is 10.2 Å². The fourth-order valence-corrected chi connectivity index (χ4v) is 4.44. The molecule has 2 aliphatic rings. The molecule has 0 spiro atoms. The molecule has 8 heteroatoms. The van der Waals surface area contributed by atoms with Gasteiger partial charge in [-0.1, -0.05) is 18.7 Å². The summed E-state index contributed by atoms with van der Waals surface area (Å²) in [6.07, 6.45) is 4.76. The average Bonchev–Trinajstić information content (AvgIpc) is 3.26. The molecular weight excluding hydrogens is 362 g/mol. The Kier molecular flexibility index (Phi) is 7.03. The van der Waals surface area contributed by atoms with E-state index in [2.05, 4.69) is 31.9 Å². The zero-order valence-corrected chi connectivity index (χ0v) is 17.8.